The number of β-lactam (4-membered cyclic amide) rings is 1. The molecule has 3 aromatic carbocycles. The molecule has 1 amide bonds. The first kappa shape index (κ1) is 41.5. The number of halogens is 4. The molecule has 290 valence electrons. The largest absolute Gasteiger partial charge is 0.534 e. The van der Waals surface area contributed by atoms with Crippen molar-refractivity contribution in [1.82, 2.24) is 0 Å². The highest BCUT2D eigenvalue weighted by molar-refractivity contribution is 7.88. The van der Waals surface area contributed by atoms with Crippen molar-refractivity contribution in [3.8, 4) is 5.75 Å². The number of esters is 3. The molecule has 1 aliphatic rings. The average molecular weight is 780 g/mol. The summed E-state index contributed by atoms with van der Waals surface area (Å²) in [5.74, 6) is -4.02. The molecule has 0 spiro atoms. The van der Waals surface area contributed by atoms with Crippen molar-refractivity contribution in [3.05, 3.63) is 107 Å². The zero-order valence-corrected chi connectivity index (χ0v) is 30.1. The van der Waals surface area contributed by atoms with E-state index < -0.39 is 82.0 Å². The fraction of sp³-hybridized carbons (Fsp3) is 0.351. The maximum absolute atomic E-state index is 13.7. The number of anilines is 1. The highest BCUT2D eigenvalue weighted by Gasteiger charge is 2.50. The molecular weight excluding hydrogens is 742 g/mol. The number of aliphatic hydroxyl groups is 1. The van der Waals surface area contributed by atoms with E-state index in [1.54, 1.807) is 30.3 Å². The zero-order valence-electron chi connectivity index (χ0n) is 29.2. The summed E-state index contributed by atoms with van der Waals surface area (Å²) >= 11 is 0. The summed E-state index contributed by atoms with van der Waals surface area (Å²) in [5, 5.41) is 10.9. The second-order valence-electron chi connectivity index (χ2n) is 12.5. The third kappa shape index (κ3) is 10.9. The molecule has 1 aliphatic heterocycles. The fourth-order valence-corrected chi connectivity index (χ4v) is 6.15. The Hall–Kier alpha value is -5.29. The van der Waals surface area contributed by atoms with Gasteiger partial charge in [0.05, 0.1) is 12.0 Å². The van der Waals surface area contributed by atoms with E-state index in [0.717, 1.165) is 31.5 Å². The summed E-state index contributed by atoms with van der Waals surface area (Å²) in [6.07, 6.45) is 2.81. The molecular formula is C37H37F4NO11S. The Labute approximate surface area is 308 Å². The molecule has 0 saturated carbocycles. The molecule has 3 atom stereocenters. The van der Waals surface area contributed by atoms with Gasteiger partial charge in [0.15, 0.2) is 5.60 Å². The van der Waals surface area contributed by atoms with Crippen LogP contribution in [0.3, 0.4) is 0 Å². The second-order valence-corrected chi connectivity index (χ2v) is 14.0. The van der Waals surface area contributed by atoms with Crippen molar-refractivity contribution in [3.63, 3.8) is 0 Å². The van der Waals surface area contributed by atoms with Gasteiger partial charge in [-0.15, -0.1) is 0 Å². The normalized spacial score (nSPS) is 16.7. The Morgan fingerprint density at radius 3 is 1.96 bits per heavy atom. The SMILES string of the molecule is CC(=O)OCC(O)(C=CCc1ccc([C@@H]2[C@@H](CC[C@H](OC(C)=O)c3ccc(F)cc3)C(=O)N2c2ccc(OS(=O)(=O)C(F)(F)F)cc2)cc1)COC(C)=O. The second kappa shape index (κ2) is 17.2. The molecule has 3 aromatic rings. The van der Waals surface area contributed by atoms with Gasteiger partial charge in [0, 0.05) is 26.5 Å². The van der Waals surface area contributed by atoms with Crippen molar-refractivity contribution in [2.45, 2.75) is 63.3 Å². The maximum atomic E-state index is 13.7. The summed E-state index contributed by atoms with van der Waals surface area (Å²) in [7, 11) is -5.93. The number of alkyl halides is 3. The Bertz CT molecular complexity index is 1930. The van der Waals surface area contributed by atoms with Gasteiger partial charge in [0.2, 0.25) is 5.91 Å². The minimum atomic E-state index is -5.93. The van der Waals surface area contributed by atoms with Crippen molar-refractivity contribution in [2.24, 2.45) is 5.92 Å². The number of benzene rings is 3. The van der Waals surface area contributed by atoms with E-state index in [4.69, 9.17) is 14.2 Å². The van der Waals surface area contributed by atoms with Crippen LogP contribution in [-0.2, 0) is 49.9 Å². The molecule has 4 rings (SSSR count). The van der Waals surface area contributed by atoms with Gasteiger partial charge < -0.3 is 28.4 Å². The first-order chi connectivity index (χ1) is 25.3. The van der Waals surface area contributed by atoms with Crippen molar-refractivity contribution in [1.29, 1.82) is 0 Å². The Morgan fingerprint density at radius 1 is 0.870 bits per heavy atom. The van der Waals surface area contributed by atoms with E-state index in [1.165, 1.54) is 54.3 Å². The number of carbonyl (C=O) groups is 4. The lowest BCUT2D eigenvalue weighted by Crippen LogP contribution is -2.55. The monoisotopic (exact) mass is 779 g/mol. The predicted molar refractivity (Wildman–Crippen MR) is 183 cm³/mol. The minimum absolute atomic E-state index is 0.181. The molecule has 0 aliphatic carbocycles. The number of rotatable bonds is 16. The van der Waals surface area contributed by atoms with Crippen molar-refractivity contribution in [2.75, 3.05) is 18.1 Å². The van der Waals surface area contributed by atoms with Crippen LogP contribution in [0.4, 0.5) is 23.2 Å². The standard InChI is InChI=1S/C37H37F4NO11S/c1-23(43)50-21-36(47,22-51-24(2)44)20-4-5-26-6-8-28(9-7-26)34-32(18-19-33(52-25(3)45)27-10-12-29(38)13-11-27)35(46)42(34)30-14-16-31(17-15-30)53-54(48,49)37(39,40)41/h4,6-17,20,32-34,47H,5,18-19,21-22H2,1-3H3/t32-,33+,34-/m1/s1. The number of hydrogen-bond acceptors (Lipinski definition) is 11. The predicted octanol–water partition coefficient (Wildman–Crippen LogP) is 5.80. The molecule has 54 heavy (non-hydrogen) atoms. The summed E-state index contributed by atoms with van der Waals surface area (Å²) < 4.78 is 94.7. The van der Waals surface area contributed by atoms with E-state index in [9.17, 15) is 50.3 Å². The Kier molecular flexibility index (Phi) is 13.2. The van der Waals surface area contributed by atoms with Crippen LogP contribution in [0.25, 0.3) is 0 Å². The van der Waals surface area contributed by atoms with Crippen molar-refractivity contribution >= 4 is 39.6 Å². The number of ether oxygens (including phenoxy) is 3. The number of nitrogens with zero attached hydrogens (tertiary/aromatic N) is 1. The topological polar surface area (TPSA) is 163 Å². The van der Waals surface area contributed by atoms with E-state index in [-0.39, 0.29) is 30.9 Å². The van der Waals surface area contributed by atoms with Crippen LogP contribution in [0.1, 0.15) is 62.4 Å². The Morgan fingerprint density at radius 2 is 1.44 bits per heavy atom. The molecule has 17 heteroatoms. The lowest BCUT2D eigenvalue weighted by atomic mass is 9.78. The summed E-state index contributed by atoms with van der Waals surface area (Å²) in [6, 6.07) is 16.2. The van der Waals surface area contributed by atoms with E-state index in [2.05, 4.69) is 4.18 Å². The lowest BCUT2D eigenvalue weighted by Gasteiger charge is -2.48. The zero-order chi connectivity index (χ0) is 39.8. The number of allylic oxidation sites excluding steroid dienone is 1. The molecule has 0 bridgehead atoms. The molecule has 0 aromatic heterocycles. The number of amides is 1. The van der Waals surface area contributed by atoms with Crippen LogP contribution in [0.15, 0.2) is 84.9 Å². The van der Waals surface area contributed by atoms with Gasteiger partial charge in [-0.1, -0.05) is 42.5 Å². The molecule has 12 nitrogen and oxygen atoms in total. The number of carbonyl (C=O) groups excluding carboxylic acids is 4. The summed E-state index contributed by atoms with van der Waals surface area (Å²) in [5.41, 5.74) is -5.27. The summed E-state index contributed by atoms with van der Waals surface area (Å²) in [6.45, 7) is 2.64. The lowest BCUT2D eigenvalue weighted by molar-refractivity contribution is -0.155. The highest BCUT2D eigenvalue weighted by Crippen LogP contribution is 2.47. The smallest absolute Gasteiger partial charge is 0.462 e. The van der Waals surface area contributed by atoms with Gasteiger partial charge in [0.1, 0.15) is 30.9 Å². The van der Waals surface area contributed by atoms with Gasteiger partial charge in [0.25, 0.3) is 0 Å². The van der Waals surface area contributed by atoms with Crippen LogP contribution >= 0.6 is 0 Å². The average Bonchev–Trinajstić information content (AvgIpc) is 3.09. The van der Waals surface area contributed by atoms with Gasteiger partial charge in [-0.25, -0.2) is 4.39 Å². The maximum Gasteiger partial charge on any atom is 0.534 e. The molecule has 1 saturated heterocycles. The molecule has 1 N–H and O–H groups in total. The van der Waals surface area contributed by atoms with Crippen LogP contribution < -0.4 is 9.08 Å². The first-order valence-electron chi connectivity index (χ1n) is 16.4. The molecule has 0 unspecified atom stereocenters. The van der Waals surface area contributed by atoms with Gasteiger partial charge in [-0.2, -0.15) is 21.6 Å². The molecule has 1 fully saturated rings. The van der Waals surface area contributed by atoms with Gasteiger partial charge in [-0.3, -0.25) is 19.2 Å². The third-order valence-corrected chi connectivity index (χ3v) is 9.24. The van der Waals surface area contributed by atoms with E-state index in [1.807, 2.05) is 0 Å². The van der Waals surface area contributed by atoms with Crippen molar-refractivity contribution < 1.29 is 68.7 Å². The molecule has 1 heterocycles. The Balaban J connectivity index is 1.59. The molecule has 0 radical (unpaired) electrons. The third-order valence-electron chi connectivity index (χ3n) is 8.26. The van der Waals surface area contributed by atoms with Gasteiger partial charge >= 0.3 is 33.5 Å². The van der Waals surface area contributed by atoms with E-state index in [0.29, 0.717) is 11.1 Å². The number of hydrogen-bond donors (Lipinski definition) is 1. The van der Waals surface area contributed by atoms with Crippen LogP contribution in [0, 0.1) is 11.7 Å². The quantitative estimate of drug-likeness (QED) is 0.0356. The van der Waals surface area contributed by atoms with Crippen LogP contribution in [0.5, 0.6) is 5.75 Å². The first-order valence-corrected chi connectivity index (χ1v) is 17.8. The minimum Gasteiger partial charge on any atom is -0.462 e. The van der Waals surface area contributed by atoms with E-state index >= 15 is 0 Å². The highest BCUT2D eigenvalue weighted by atomic mass is 32.2. The van der Waals surface area contributed by atoms with Crippen LogP contribution in [0.2, 0.25) is 0 Å². The fourth-order valence-electron chi connectivity index (χ4n) is 5.69. The van der Waals surface area contributed by atoms with Gasteiger partial charge in [-0.05, 0) is 78.4 Å². The van der Waals surface area contributed by atoms with Crippen LogP contribution in [-0.4, -0.2) is 61.7 Å². The summed E-state index contributed by atoms with van der Waals surface area (Å²) in [4.78, 5) is 49.6.